The molecule has 0 aliphatic rings. The van der Waals surface area contributed by atoms with Crippen molar-refractivity contribution in [3.63, 3.8) is 0 Å². The molecule has 0 aliphatic carbocycles. The first kappa shape index (κ1) is 28.1. The van der Waals surface area contributed by atoms with E-state index < -0.39 is 41.5 Å². The Bertz CT molecular complexity index is 1140. The summed E-state index contributed by atoms with van der Waals surface area (Å²) in [5.74, 6) is -2.86. The van der Waals surface area contributed by atoms with Crippen molar-refractivity contribution in [3.8, 4) is 11.5 Å². The Morgan fingerprint density at radius 2 is 1.59 bits per heavy atom. The number of carbonyl (C=O) groups excluding carboxylic acids is 1. The first-order valence-corrected chi connectivity index (χ1v) is 12.1. The van der Waals surface area contributed by atoms with E-state index >= 15 is 0 Å². The molecule has 0 fully saturated rings. The number of amides is 1. The van der Waals surface area contributed by atoms with Crippen LogP contribution in [0, 0.1) is 17.6 Å². The number of aliphatic hydroxyl groups excluding tert-OH is 2. The van der Waals surface area contributed by atoms with Gasteiger partial charge in [0, 0.05) is 19.6 Å². The average Bonchev–Trinajstić information content (AvgIpc) is 2.93. The third kappa shape index (κ3) is 7.05. The van der Waals surface area contributed by atoms with Gasteiger partial charge in [0.1, 0.15) is 11.5 Å². The number of methoxy groups -OCH3 is 1. The molecule has 3 aromatic rings. The van der Waals surface area contributed by atoms with Crippen molar-refractivity contribution in [1.29, 1.82) is 0 Å². The minimum Gasteiger partial charge on any atom is -0.497 e. The van der Waals surface area contributed by atoms with Crippen LogP contribution in [0.25, 0.3) is 0 Å². The fourth-order valence-electron chi connectivity index (χ4n) is 4.27. The van der Waals surface area contributed by atoms with Crippen LogP contribution in [0.5, 0.6) is 11.5 Å². The third-order valence-corrected chi connectivity index (χ3v) is 6.62. The van der Waals surface area contributed by atoms with Crippen LogP contribution in [0.2, 0.25) is 0 Å². The molecule has 4 atom stereocenters. The van der Waals surface area contributed by atoms with Crippen molar-refractivity contribution in [3.05, 3.63) is 95.6 Å². The van der Waals surface area contributed by atoms with Crippen molar-refractivity contribution in [1.82, 2.24) is 4.90 Å². The van der Waals surface area contributed by atoms with Crippen LogP contribution in [-0.2, 0) is 4.79 Å². The van der Waals surface area contributed by atoms with E-state index in [1.165, 1.54) is 11.0 Å². The molecule has 0 saturated heterocycles. The van der Waals surface area contributed by atoms with E-state index in [1.807, 2.05) is 6.07 Å². The van der Waals surface area contributed by atoms with Gasteiger partial charge in [-0.25, -0.2) is 8.78 Å². The Hall–Kier alpha value is -3.49. The van der Waals surface area contributed by atoms with Gasteiger partial charge in [0.15, 0.2) is 11.6 Å². The second-order valence-corrected chi connectivity index (χ2v) is 8.96. The van der Waals surface area contributed by atoms with Crippen molar-refractivity contribution in [2.75, 3.05) is 27.4 Å². The van der Waals surface area contributed by atoms with Crippen LogP contribution < -0.4 is 9.47 Å². The molecule has 0 aliphatic heterocycles. The summed E-state index contributed by atoms with van der Waals surface area (Å²) in [6.07, 6.45) is -0.790. The van der Waals surface area contributed by atoms with Gasteiger partial charge in [0.05, 0.1) is 31.8 Å². The van der Waals surface area contributed by atoms with Gasteiger partial charge in [-0.2, -0.15) is 0 Å². The molecule has 3 aromatic carbocycles. The second-order valence-electron chi connectivity index (χ2n) is 8.96. The number of hydrogen-bond donors (Lipinski definition) is 2. The van der Waals surface area contributed by atoms with Crippen molar-refractivity contribution in [2.24, 2.45) is 5.92 Å². The fraction of sp³-hybridized carbons (Fsp3) is 0.345. The summed E-state index contributed by atoms with van der Waals surface area (Å²) in [6.45, 7) is 1.51. The molecule has 0 saturated carbocycles. The number of ether oxygens (including phenoxy) is 2. The second kappa shape index (κ2) is 13.2. The maximum absolute atomic E-state index is 14.3. The highest BCUT2D eigenvalue weighted by Gasteiger charge is 2.36. The third-order valence-electron chi connectivity index (χ3n) is 6.62. The first-order valence-electron chi connectivity index (χ1n) is 12.1. The lowest BCUT2D eigenvalue weighted by Crippen LogP contribution is -2.44. The van der Waals surface area contributed by atoms with Crippen LogP contribution >= 0.6 is 0 Å². The van der Waals surface area contributed by atoms with Crippen LogP contribution in [0.3, 0.4) is 0 Å². The molecule has 6 nitrogen and oxygen atoms in total. The molecule has 3 rings (SSSR count). The summed E-state index contributed by atoms with van der Waals surface area (Å²) < 4.78 is 39.1. The Morgan fingerprint density at radius 1 is 0.946 bits per heavy atom. The fourth-order valence-corrected chi connectivity index (χ4v) is 4.27. The minimum absolute atomic E-state index is 0.0335. The molecule has 37 heavy (non-hydrogen) atoms. The lowest BCUT2D eigenvalue weighted by atomic mass is 9.82. The van der Waals surface area contributed by atoms with Crippen LogP contribution in [-0.4, -0.2) is 54.4 Å². The summed E-state index contributed by atoms with van der Waals surface area (Å²) in [4.78, 5) is 15.3. The Kier molecular flexibility index (Phi) is 10.00. The Morgan fingerprint density at radius 3 is 2.19 bits per heavy atom. The minimum atomic E-state index is -1.07. The normalized spacial score (nSPS) is 14.4. The van der Waals surface area contributed by atoms with Gasteiger partial charge in [-0.15, -0.1) is 0 Å². The van der Waals surface area contributed by atoms with E-state index in [0.29, 0.717) is 17.1 Å². The molecule has 198 valence electrons. The Labute approximate surface area is 216 Å². The standard InChI is InChI=1S/C29H33F2NO5/c1-19(28(34)20-7-5-4-6-8-20)32(2)29(35)27(21-9-14-25(30)26(31)17-21)22(15-16-33)18-37-24-12-10-23(36-3)11-13-24/h4-14,17,19,22,27-28,33-34H,15-16,18H2,1-3H3/t19-,22+,27+,28+/m1/s1. The van der Waals surface area contributed by atoms with E-state index in [0.717, 1.165) is 12.1 Å². The number of nitrogens with zero attached hydrogens (tertiary/aromatic N) is 1. The molecule has 8 heteroatoms. The van der Waals surface area contributed by atoms with Gasteiger partial charge in [0.25, 0.3) is 0 Å². The maximum atomic E-state index is 14.3. The zero-order valence-corrected chi connectivity index (χ0v) is 21.2. The zero-order chi connectivity index (χ0) is 26.9. The molecule has 1 amide bonds. The molecule has 0 unspecified atom stereocenters. The number of rotatable bonds is 12. The summed E-state index contributed by atoms with van der Waals surface area (Å²) in [6, 6.07) is 18.6. The van der Waals surface area contributed by atoms with E-state index in [4.69, 9.17) is 9.47 Å². The van der Waals surface area contributed by atoms with Crippen molar-refractivity contribution >= 4 is 5.91 Å². The number of halogens is 2. The smallest absolute Gasteiger partial charge is 0.230 e. The van der Waals surface area contributed by atoms with Gasteiger partial charge >= 0.3 is 0 Å². The highest BCUT2D eigenvalue weighted by atomic mass is 19.2. The summed E-state index contributed by atoms with van der Waals surface area (Å²) in [5.41, 5.74) is 0.905. The zero-order valence-electron chi connectivity index (χ0n) is 21.2. The lowest BCUT2D eigenvalue weighted by molar-refractivity contribution is -0.137. The average molecular weight is 514 g/mol. The van der Waals surface area contributed by atoms with Crippen LogP contribution in [0.15, 0.2) is 72.8 Å². The first-order chi connectivity index (χ1) is 17.8. The van der Waals surface area contributed by atoms with E-state index in [-0.39, 0.29) is 25.2 Å². The number of carbonyl (C=O) groups is 1. The summed E-state index contributed by atoms with van der Waals surface area (Å²) in [7, 11) is 3.11. The molecule has 0 radical (unpaired) electrons. The molecular weight excluding hydrogens is 480 g/mol. The molecule has 0 spiro atoms. The van der Waals surface area contributed by atoms with Crippen molar-refractivity contribution in [2.45, 2.75) is 31.4 Å². The molecule has 0 bridgehead atoms. The topological polar surface area (TPSA) is 79.2 Å². The number of hydrogen-bond acceptors (Lipinski definition) is 5. The van der Waals surface area contributed by atoms with Gasteiger partial charge in [-0.05, 0) is 60.9 Å². The van der Waals surface area contributed by atoms with E-state index in [9.17, 15) is 23.8 Å². The maximum Gasteiger partial charge on any atom is 0.230 e. The van der Waals surface area contributed by atoms with Gasteiger partial charge in [-0.3, -0.25) is 4.79 Å². The molecule has 2 N–H and O–H groups in total. The molecular formula is C29H33F2NO5. The SMILES string of the molecule is COc1ccc(OC[C@H](CCO)[C@@H](C(=O)N(C)[C@H](C)[C@H](O)c2ccccc2)c2ccc(F)c(F)c2)cc1. The number of benzene rings is 3. The lowest BCUT2D eigenvalue weighted by Gasteiger charge is -2.35. The van der Waals surface area contributed by atoms with Crippen LogP contribution in [0.1, 0.15) is 36.5 Å². The highest BCUT2D eigenvalue weighted by molar-refractivity contribution is 5.84. The molecule has 0 heterocycles. The van der Waals surface area contributed by atoms with Crippen molar-refractivity contribution < 1.29 is 33.3 Å². The van der Waals surface area contributed by atoms with E-state index in [2.05, 4.69) is 0 Å². The number of aliphatic hydroxyl groups is 2. The van der Waals surface area contributed by atoms with Gasteiger partial charge < -0.3 is 24.6 Å². The quantitative estimate of drug-likeness (QED) is 0.367. The van der Waals surface area contributed by atoms with Crippen LogP contribution in [0.4, 0.5) is 8.78 Å². The van der Waals surface area contributed by atoms with Gasteiger partial charge in [-0.1, -0.05) is 36.4 Å². The van der Waals surface area contributed by atoms with E-state index in [1.54, 1.807) is 69.6 Å². The van der Waals surface area contributed by atoms with Gasteiger partial charge in [0.2, 0.25) is 5.91 Å². The Balaban J connectivity index is 1.91. The summed E-state index contributed by atoms with van der Waals surface area (Å²) in [5, 5.41) is 20.7. The summed E-state index contributed by atoms with van der Waals surface area (Å²) >= 11 is 0. The largest absolute Gasteiger partial charge is 0.497 e. The predicted molar refractivity (Wildman–Crippen MR) is 136 cm³/mol. The molecule has 0 aromatic heterocycles. The monoisotopic (exact) mass is 513 g/mol. The predicted octanol–water partition coefficient (Wildman–Crippen LogP) is 4.72. The highest BCUT2D eigenvalue weighted by Crippen LogP contribution is 2.33. The number of likely N-dealkylation sites (N-methyl/N-ethyl adjacent to an activating group) is 1.